The molecule has 0 aliphatic rings. The number of nitrogens with zero attached hydrogens (tertiary/aromatic N) is 1. The van der Waals surface area contributed by atoms with E-state index < -0.39 is 11.9 Å². The van der Waals surface area contributed by atoms with E-state index in [-0.39, 0.29) is 11.1 Å². The highest BCUT2D eigenvalue weighted by Gasteiger charge is 2.20. The van der Waals surface area contributed by atoms with E-state index in [0.717, 1.165) is 6.20 Å². The summed E-state index contributed by atoms with van der Waals surface area (Å²) in [5.74, 6) is -1.88. The minimum atomic E-state index is -1.20. The highest BCUT2D eigenvalue weighted by Crippen LogP contribution is 2.21. The molecule has 0 saturated heterocycles. The highest BCUT2D eigenvalue weighted by atomic mass is 16.5. The lowest BCUT2D eigenvalue weighted by molar-refractivity contribution is 0.0585. The quantitative estimate of drug-likeness (QED) is 0.796. The number of methoxy groups -OCH3 is 1. The van der Waals surface area contributed by atoms with Gasteiger partial charge in [0, 0.05) is 11.6 Å². The van der Waals surface area contributed by atoms with Crippen LogP contribution in [0.3, 0.4) is 0 Å². The smallest absolute Gasteiger partial charge is 0.339 e. The summed E-state index contributed by atoms with van der Waals surface area (Å²) in [6, 6.07) is 6.81. The molecule has 0 atom stereocenters. The van der Waals surface area contributed by atoms with Crippen LogP contribution in [0, 0.1) is 0 Å². The van der Waals surface area contributed by atoms with Crippen LogP contribution < -0.4 is 0 Å². The fourth-order valence-corrected chi connectivity index (χ4v) is 1.63. The molecule has 0 unspecified atom stereocenters. The molecule has 0 aliphatic carbocycles. The van der Waals surface area contributed by atoms with E-state index in [2.05, 4.69) is 9.72 Å². The Morgan fingerprint density at radius 3 is 2.65 bits per heavy atom. The van der Waals surface area contributed by atoms with Gasteiger partial charge in [0.15, 0.2) is 0 Å². The van der Waals surface area contributed by atoms with Crippen molar-refractivity contribution < 1.29 is 19.4 Å². The van der Waals surface area contributed by atoms with Crippen LogP contribution >= 0.6 is 0 Å². The van der Waals surface area contributed by atoms with Crippen molar-refractivity contribution in [1.29, 1.82) is 0 Å². The summed E-state index contributed by atoms with van der Waals surface area (Å²) < 4.78 is 4.61. The predicted octanol–water partition coefficient (Wildman–Crippen LogP) is 1.72. The van der Waals surface area contributed by atoms with Crippen molar-refractivity contribution in [3.05, 3.63) is 41.6 Å². The average Bonchev–Trinajstić information content (AvgIpc) is 2.36. The number of hydrogen-bond donors (Lipinski definition) is 1. The van der Waals surface area contributed by atoms with Crippen LogP contribution in [0.5, 0.6) is 0 Å². The van der Waals surface area contributed by atoms with E-state index in [9.17, 15) is 9.59 Å². The van der Waals surface area contributed by atoms with Crippen LogP contribution in [0.25, 0.3) is 10.9 Å². The number of benzene rings is 1. The Labute approximate surface area is 96.7 Å². The Balaban J connectivity index is 2.84. The first-order valence-corrected chi connectivity index (χ1v) is 4.84. The summed E-state index contributed by atoms with van der Waals surface area (Å²) in [5, 5.41) is 9.49. The number of esters is 1. The molecule has 0 amide bonds. The topological polar surface area (TPSA) is 76.5 Å². The van der Waals surface area contributed by atoms with Gasteiger partial charge in [0.05, 0.1) is 23.8 Å². The highest BCUT2D eigenvalue weighted by molar-refractivity contribution is 6.11. The van der Waals surface area contributed by atoms with E-state index in [1.165, 1.54) is 7.11 Å². The van der Waals surface area contributed by atoms with Crippen LogP contribution in [0.1, 0.15) is 20.7 Å². The fourth-order valence-electron chi connectivity index (χ4n) is 1.63. The maximum absolute atomic E-state index is 11.6. The van der Waals surface area contributed by atoms with Crippen molar-refractivity contribution in [3.63, 3.8) is 0 Å². The molecule has 1 heterocycles. The Morgan fingerprint density at radius 1 is 1.29 bits per heavy atom. The summed E-state index contributed by atoms with van der Waals surface area (Å²) in [6.45, 7) is 0. The Kier molecular flexibility index (Phi) is 2.74. The molecule has 0 aliphatic heterocycles. The van der Waals surface area contributed by atoms with Crippen molar-refractivity contribution in [2.75, 3.05) is 7.11 Å². The Bertz CT molecular complexity index is 606. The third-order valence-corrected chi connectivity index (χ3v) is 2.40. The van der Waals surface area contributed by atoms with Crippen molar-refractivity contribution in [3.8, 4) is 0 Å². The van der Waals surface area contributed by atoms with Gasteiger partial charge >= 0.3 is 11.9 Å². The van der Waals surface area contributed by atoms with Crippen LogP contribution in [0.15, 0.2) is 30.5 Å². The van der Waals surface area contributed by atoms with Gasteiger partial charge in [-0.15, -0.1) is 0 Å². The van der Waals surface area contributed by atoms with E-state index in [1.807, 2.05) is 0 Å². The monoisotopic (exact) mass is 231 g/mol. The number of carboxylic acids is 1. The Morgan fingerprint density at radius 2 is 2.00 bits per heavy atom. The van der Waals surface area contributed by atoms with Crippen molar-refractivity contribution >= 4 is 22.8 Å². The predicted molar refractivity (Wildman–Crippen MR) is 60.0 cm³/mol. The normalized spacial score (nSPS) is 10.2. The number of rotatable bonds is 2. The van der Waals surface area contributed by atoms with Crippen molar-refractivity contribution in [2.24, 2.45) is 0 Å². The standard InChI is InChI=1S/C12H9NO4/c1-17-12(16)10-7-4-2-3-5-9(7)13-6-8(10)11(14)15/h2-6H,1H3,(H,14,15). The van der Waals surface area contributed by atoms with E-state index >= 15 is 0 Å². The molecule has 5 nitrogen and oxygen atoms in total. The van der Waals surface area contributed by atoms with Crippen LogP contribution in [0.4, 0.5) is 0 Å². The number of aromatic nitrogens is 1. The number of carbonyl (C=O) groups is 2. The van der Waals surface area contributed by atoms with Gasteiger partial charge in [-0.1, -0.05) is 18.2 Å². The van der Waals surface area contributed by atoms with Gasteiger partial charge < -0.3 is 9.84 Å². The van der Waals surface area contributed by atoms with Crippen LogP contribution in [0.2, 0.25) is 0 Å². The first-order chi connectivity index (χ1) is 8.15. The molecule has 1 aromatic heterocycles. The molecule has 1 N–H and O–H groups in total. The number of ether oxygens (including phenoxy) is 1. The number of fused-ring (bicyclic) bond motifs is 1. The van der Waals surface area contributed by atoms with Crippen LogP contribution in [-0.2, 0) is 4.74 Å². The zero-order valence-corrected chi connectivity index (χ0v) is 9.01. The van der Waals surface area contributed by atoms with Crippen molar-refractivity contribution in [2.45, 2.75) is 0 Å². The number of carbonyl (C=O) groups excluding carboxylic acids is 1. The second-order valence-electron chi connectivity index (χ2n) is 3.36. The molecular formula is C12H9NO4. The maximum Gasteiger partial charge on any atom is 0.339 e. The molecule has 17 heavy (non-hydrogen) atoms. The minimum Gasteiger partial charge on any atom is -0.478 e. The molecule has 5 heteroatoms. The molecule has 2 rings (SSSR count). The minimum absolute atomic E-state index is 0.0330. The fraction of sp³-hybridized carbons (Fsp3) is 0.0833. The summed E-state index contributed by atoms with van der Waals surface area (Å²) >= 11 is 0. The van der Waals surface area contributed by atoms with Crippen LogP contribution in [-0.4, -0.2) is 29.1 Å². The van der Waals surface area contributed by atoms with Gasteiger partial charge in [0.1, 0.15) is 0 Å². The lowest BCUT2D eigenvalue weighted by Gasteiger charge is -2.07. The lowest BCUT2D eigenvalue weighted by atomic mass is 10.0. The molecule has 0 bridgehead atoms. The summed E-state index contributed by atoms with van der Waals surface area (Å²) in [5.41, 5.74) is 0.430. The summed E-state index contributed by atoms with van der Waals surface area (Å²) in [7, 11) is 1.21. The van der Waals surface area contributed by atoms with Gasteiger partial charge in [-0.2, -0.15) is 0 Å². The Hall–Kier alpha value is -2.43. The van der Waals surface area contributed by atoms with Gasteiger partial charge in [-0.3, -0.25) is 4.98 Å². The molecule has 0 fully saturated rings. The summed E-state index contributed by atoms with van der Waals surface area (Å²) in [6.07, 6.45) is 1.16. The second kappa shape index (κ2) is 4.21. The average molecular weight is 231 g/mol. The van der Waals surface area contributed by atoms with E-state index in [1.54, 1.807) is 24.3 Å². The molecule has 2 aromatic rings. The maximum atomic E-state index is 11.6. The van der Waals surface area contributed by atoms with Gasteiger partial charge in [-0.25, -0.2) is 9.59 Å². The number of carboxylic acid groups (broad SMARTS) is 1. The number of hydrogen-bond acceptors (Lipinski definition) is 4. The largest absolute Gasteiger partial charge is 0.478 e. The molecule has 0 spiro atoms. The van der Waals surface area contributed by atoms with Gasteiger partial charge in [-0.05, 0) is 6.07 Å². The summed E-state index contributed by atoms with van der Waals surface area (Å²) in [4.78, 5) is 26.7. The lowest BCUT2D eigenvalue weighted by Crippen LogP contribution is -2.11. The first-order valence-electron chi connectivity index (χ1n) is 4.84. The van der Waals surface area contributed by atoms with Gasteiger partial charge in [0.2, 0.25) is 0 Å². The zero-order valence-electron chi connectivity index (χ0n) is 9.01. The van der Waals surface area contributed by atoms with Crippen molar-refractivity contribution in [1.82, 2.24) is 4.98 Å². The molecule has 1 aromatic carbocycles. The first kappa shape index (κ1) is 11.1. The zero-order chi connectivity index (χ0) is 12.4. The van der Waals surface area contributed by atoms with E-state index in [0.29, 0.717) is 10.9 Å². The molecular weight excluding hydrogens is 222 g/mol. The third-order valence-electron chi connectivity index (χ3n) is 2.40. The molecule has 0 saturated carbocycles. The number of pyridine rings is 1. The molecule has 86 valence electrons. The third kappa shape index (κ3) is 1.82. The second-order valence-corrected chi connectivity index (χ2v) is 3.36. The SMILES string of the molecule is COC(=O)c1c(C(=O)O)cnc2ccccc12. The van der Waals surface area contributed by atoms with E-state index in [4.69, 9.17) is 5.11 Å². The number of para-hydroxylation sites is 1. The number of aromatic carboxylic acids is 1. The van der Waals surface area contributed by atoms with Gasteiger partial charge in [0.25, 0.3) is 0 Å². The molecule has 0 radical (unpaired) electrons.